The van der Waals surface area contributed by atoms with E-state index in [2.05, 4.69) is 4.74 Å². The van der Waals surface area contributed by atoms with Gasteiger partial charge in [0.15, 0.2) is 5.78 Å². The summed E-state index contributed by atoms with van der Waals surface area (Å²) in [5, 5.41) is 0. The van der Waals surface area contributed by atoms with E-state index in [1.54, 1.807) is 12.1 Å². The molecule has 0 spiro atoms. The molecule has 0 N–H and O–H groups in total. The van der Waals surface area contributed by atoms with E-state index in [0.717, 1.165) is 5.56 Å². The normalized spacial score (nSPS) is 11.2. The summed E-state index contributed by atoms with van der Waals surface area (Å²) >= 11 is 0. The van der Waals surface area contributed by atoms with Crippen molar-refractivity contribution < 1.29 is 14.3 Å². The Bertz CT molecular complexity index is 379. The van der Waals surface area contributed by atoms with Crippen LogP contribution in [0, 0.1) is 5.92 Å². The van der Waals surface area contributed by atoms with E-state index in [4.69, 9.17) is 0 Å². The molecule has 0 aliphatic carbocycles. The second-order valence-electron chi connectivity index (χ2n) is 3.88. The van der Waals surface area contributed by atoms with Crippen LogP contribution in [0.3, 0.4) is 0 Å². The lowest BCUT2D eigenvalue weighted by Crippen LogP contribution is -2.15. The molecule has 17 heavy (non-hydrogen) atoms. The SMILES string of the molecule is C.COC(=O)C(C)Cc1ccc(C(C)=O)cc1. The van der Waals surface area contributed by atoms with Gasteiger partial charge in [-0.3, -0.25) is 9.59 Å². The predicted molar refractivity (Wildman–Crippen MR) is 68.1 cm³/mol. The summed E-state index contributed by atoms with van der Waals surface area (Å²) in [6, 6.07) is 7.30. The van der Waals surface area contributed by atoms with Crippen LogP contribution in [0.25, 0.3) is 0 Å². The average molecular weight is 236 g/mol. The summed E-state index contributed by atoms with van der Waals surface area (Å²) in [6.45, 7) is 3.36. The Morgan fingerprint density at radius 1 is 1.24 bits per heavy atom. The Balaban J connectivity index is 0.00000256. The van der Waals surface area contributed by atoms with Crippen LogP contribution in [-0.2, 0) is 16.0 Å². The molecule has 94 valence electrons. The van der Waals surface area contributed by atoms with Crippen LogP contribution >= 0.6 is 0 Å². The quantitative estimate of drug-likeness (QED) is 0.596. The average Bonchev–Trinajstić information content (AvgIpc) is 2.28. The number of Topliss-reactive ketones (excluding diaryl/α,β-unsaturated/α-hetero) is 1. The highest BCUT2D eigenvalue weighted by Gasteiger charge is 2.13. The maximum Gasteiger partial charge on any atom is 0.308 e. The zero-order valence-corrected chi connectivity index (χ0v) is 9.82. The van der Waals surface area contributed by atoms with Crippen molar-refractivity contribution in [1.82, 2.24) is 0 Å². The van der Waals surface area contributed by atoms with Crippen LogP contribution < -0.4 is 0 Å². The van der Waals surface area contributed by atoms with Gasteiger partial charge in [-0.25, -0.2) is 0 Å². The van der Waals surface area contributed by atoms with Crippen molar-refractivity contribution in [3.63, 3.8) is 0 Å². The lowest BCUT2D eigenvalue weighted by molar-refractivity contribution is -0.144. The van der Waals surface area contributed by atoms with Gasteiger partial charge in [0.2, 0.25) is 0 Å². The van der Waals surface area contributed by atoms with E-state index in [1.165, 1.54) is 14.0 Å². The van der Waals surface area contributed by atoms with Gasteiger partial charge in [-0.05, 0) is 18.9 Å². The Kier molecular flexibility index (Phi) is 6.18. The minimum atomic E-state index is -0.212. The van der Waals surface area contributed by atoms with E-state index < -0.39 is 0 Å². The highest BCUT2D eigenvalue weighted by atomic mass is 16.5. The van der Waals surface area contributed by atoms with Crippen LogP contribution in [-0.4, -0.2) is 18.9 Å². The number of methoxy groups -OCH3 is 1. The van der Waals surface area contributed by atoms with Crippen LogP contribution in [0.5, 0.6) is 0 Å². The van der Waals surface area contributed by atoms with Gasteiger partial charge in [-0.15, -0.1) is 0 Å². The third kappa shape index (κ3) is 4.39. The largest absolute Gasteiger partial charge is 0.469 e. The van der Waals surface area contributed by atoms with E-state index in [-0.39, 0.29) is 25.1 Å². The van der Waals surface area contributed by atoms with Crippen LogP contribution in [0.1, 0.15) is 37.2 Å². The Hall–Kier alpha value is -1.64. The first-order valence-corrected chi connectivity index (χ1v) is 5.22. The van der Waals surface area contributed by atoms with Gasteiger partial charge in [-0.1, -0.05) is 38.6 Å². The number of esters is 1. The molecule has 0 aromatic heterocycles. The van der Waals surface area contributed by atoms with E-state index >= 15 is 0 Å². The monoisotopic (exact) mass is 236 g/mol. The molecule has 0 aliphatic heterocycles. The van der Waals surface area contributed by atoms with Crippen molar-refractivity contribution >= 4 is 11.8 Å². The van der Waals surface area contributed by atoms with Crippen molar-refractivity contribution in [3.8, 4) is 0 Å². The molecule has 1 atom stereocenters. The molecular formula is C14H20O3. The second-order valence-corrected chi connectivity index (χ2v) is 3.88. The Labute approximate surface area is 103 Å². The van der Waals surface area contributed by atoms with Gasteiger partial charge < -0.3 is 4.74 Å². The molecule has 0 saturated heterocycles. The number of carbonyl (C=O) groups is 2. The molecule has 3 nitrogen and oxygen atoms in total. The van der Waals surface area contributed by atoms with Crippen molar-refractivity contribution in [2.24, 2.45) is 5.92 Å². The van der Waals surface area contributed by atoms with Gasteiger partial charge >= 0.3 is 5.97 Å². The number of benzene rings is 1. The maximum atomic E-state index is 11.2. The molecule has 1 aromatic carbocycles. The standard InChI is InChI=1S/C13H16O3.CH4/c1-9(13(15)16-3)8-11-4-6-12(7-5-11)10(2)14;/h4-7,9H,8H2,1-3H3;1H4. The predicted octanol–water partition coefficient (Wildman–Crippen LogP) is 2.88. The highest BCUT2D eigenvalue weighted by molar-refractivity contribution is 5.94. The molecule has 0 bridgehead atoms. The molecule has 3 heteroatoms. The number of ether oxygens (including phenoxy) is 1. The summed E-state index contributed by atoms with van der Waals surface area (Å²) in [5.74, 6) is -0.323. The summed E-state index contributed by atoms with van der Waals surface area (Å²) in [6.07, 6.45) is 0.630. The number of ketones is 1. The minimum Gasteiger partial charge on any atom is -0.469 e. The van der Waals surface area contributed by atoms with Gasteiger partial charge in [0.1, 0.15) is 0 Å². The molecule has 0 amide bonds. The highest BCUT2D eigenvalue weighted by Crippen LogP contribution is 2.11. The molecule has 0 radical (unpaired) electrons. The lowest BCUT2D eigenvalue weighted by Gasteiger charge is -2.09. The molecule has 1 aromatic rings. The first-order chi connectivity index (χ1) is 7.54. The van der Waals surface area contributed by atoms with Crippen LogP contribution in [0.15, 0.2) is 24.3 Å². The summed E-state index contributed by atoms with van der Waals surface area (Å²) in [7, 11) is 1.39. The molecule has 0 heterocycles. The number of rotatable bonds is 4. The van der Waals surface area contributed by atoms with Gasteiger partial charge in [0, 0.05) is 5.56 Å². The third-order valence-corrected chi connectivity index (χ3v) is 2.51. The summed E-state index contributed by atoms with van der Waals surface area (Å²) in [4.78, 5) is 22.3. The van der Waals surface area contributed by atoms with Gasteiger partial charge in [0.25, 0.3) is 0 Å². The third-order valence-electron chi connectivity index (χ3n) is 2.51. The second kappa shape index (κ2) is 6.84. The maximum absolute atomic E-state index is 11.2. The number of hydrogen-bond donors (Lipinski definition) is 0. The molecule has 0 fully saturated rings. The van der Waals surface area contributed by atoms with Gasteiger partial charge in [0.05, 0.1) is 13.0 Å². The molecule has 0 saturated carbocycles. The van der Waals surface area contributed by atoms with Crippen LogP contribution in [0.2, 0.25) is 0 Å². The summed E-state index contributed by atoms with van der Waals surface area (Å²) < 4.78 is 4.65. The van der Waals surface area contributed by atoms with Crippen molar-refractivity contribution in [2.45, 2.75) is 27.7 Å². The van der Waals surface area contributed by atoms with E-state index in [0.29, 0.717) is 12.0 Å². The van der Waals surface area contributed by atoms with Crippen molar-refractivity contribution in [3.05, 3.63) is 35.4 Å². The lowest BCUT2D eigenvalue weighted by atomic mass is 9.99. The van der Waals surface area contributed by atoms with Gasteiger partial charge in [-0.2, -0.15) is 0 Å². The van der Waals surface area contributed by atoms with Crippen molar-refractivity contribution in [2.75, 3.05) is 7.11 Å². The zero-order valence-electron chi connectivity index (χ0n) is 9.82. The Morgan fingerprint density at radius 3 is 2.18 bits per heavy atom. The molecular weight excluding hydrogens is 216 g/mol. The van der Waals surface area contributed by atoms with E-state index in [1.807, 2.05) is 19.1 Å². The smallest absolute Gasteiger partial charge is 0.308 e. The van der Waals surface area contributed by atoms with E-state index in [9.17, 15) is 9.59 Å². The fourth-order valence-corrected chi connectivity index (χ4v) is 1.51. The number of carbonyl (C=O) groups excluding carboxylic acids is 2. The van der Waals surface area contributed by atoms with Crippen molar-refractivity contribution in [1.29, 1.82) is 0 Å². The fraction of sp³-hybridized carbons (Fsp3) is 0.429. The summed E-state index contributed by atoms with van der Waals surface area (Å²) in [5.41, 5.74) is 1.72. The molecule has 0 aliphatic rings. The van der Waals surface area contributed by atoms with Crippen LogP contribution in [0.4, 0.5) is 0 Å². The Morgan fingerprint density at radius 2 is 1.76 bits per heavy atom. The topological polar surface area (TPSA) is 43.4 Å². The molecule has 1 rings (SSSR count). The zero-order chi connectivity index (χ0) is 12.1. The minimum absolute atomic E-state index is 0. The first kappa shape index (κ1) is 15.4. The first-order valence-electron chi connectivity index (χ1n) is 5.22. The molecule has 1 unspecified atom stereocenters. The number of hydrogen-bond acceptors (Lipinski definition) is 3. The fourth-order valence-electron chi connectivity index (χ4n) is 1.51.